The summed E-state index contributed by atoms with van der Waals surface area (Å²) in [6.45, 7) is 2.25. The van der Waals surface area contributed by atoms with E-state index in [2.05, 4.69) is 36.4 Å². The molecule has 1 aromatic carbocycles. The van der Waals surface area contributed by atoms with E-state index in [9.17, 15) is 0 Å². The van der Waals surface area contributed by atoms with Crippen LogP contribution in [0, 0.1) is 0 Å². The number of halogens is 1. The predicted molar refractivity (Wildman–Crippen MR) is 73.8 cm³/mol. The van der Waals surface area contributed by atoms with Gasteiger partial charge in [-0.25, -0.2) is 0 Å². The molecular weight excluding hydrogens is 232 g/mol. The second kappa shape index (κ2) is 5.85. The zero-order valence-corrected chi connectivity index (χ0v) is 11.4. The molecule has 1 aliphatic carbocycles. The van der Waals surface area contributed by atoms with Crippen LogP contribution in [-0.2, 0) is 12.8 Å². The van der Waals surface area contributed by atoms with Gasteiger partial charge in [0.1, 0.15) is 0 Å². The minimum absolute atomic E-state index is 0.602. The third-order valence-corrected chi connectivity index (χ3v) is 3.55. The van der Waals surface area contributed by atoms with Gasteiger partial charge in [-0.1, -0.05) is 17.7 Å². The summed E-state index contributed by atoms with van der Waals surface area (Å²) in [6.07, 6.45) is 3.48. The molecule has 0 saturated carbocycles. The Labute approximate surface area is 109 Å². The van der Waals surface area contributed by atoms with Crippen LogP contribution in [0.15, 0.2) is 18.2 Å². The Balaban J connectivity index is 1.76. The fraction of sp³-hybridized carbons (Fsp3) is 0.571. The van der Waals surface area contributed by atoms with Crippen molar-refractivity contribution in [2.24, 2.45) is 0 Å². The maximum Gasteiger partial charge on any atom is 0.0408 e. The zero-order valence-electron chi connectivity index (χ0n) is 10.7. The van der Waals surface area contributed by atoms with Crippen molar-refractivity contribution in [3.05, 3.63) is 34.3 Å². The molecule has 3 heteroatoms. The van der Waals surface area contributed by atoms with Gasteiger partial charge in [-0.15, -0.1) is 0 Å². The molecule has 0 bridgehead atoms. The molecule has 0 saturated heterocycles. The zero-order chi connectivity index (χ0) is 12.3. The molecule has 0 fully saturated rings. The van der Waals surface area contributed by atoms with Crippen LogP contribution in [-0.4, -0.2) is 38.1 Å². The van der Waals surface area contributed by atoms with E-state index in [1.807, 2.05) is 6.07 Å². The fourth-order valence-electron chi connectivity index (χ4n) is 2.43. The molecule has 0 aliphatic heterocycles. The summed E-state index contributed by atoms with van der Waals surface area (Å²) in [7, 11) is 4.24. The molecule has 0 aromatic heterocycles. The smallest absolute Gasteiger partial charge is 0.0408 e. The second-order valence-corrected chi connectivity index (χ2v) is 5.57. The topological polar surface area (TPSA) is 15.3 Å². The van der Waals surface area contributed by atoms with E-state index in [-0.39, 0.29) is 0 Å². The van der Waals surface area contributed by atoms with Crippen LogP contribution in [0.1, 0.15) is 17.5 Å². The first-order chi connectivity index (χ1) is 8.15. The summed E-state index contributed by atoms with van der Waals surface area (Å²) in [5.41, 5.74) is 2.88. The Bertz CT molecular complexity index is 376. The molecule has 1 aromatic rings. The summed E-state index contributed by atoms with van der Waals surface area (Å²) in [4.78, 5) is 2.23. The van der Waals surface area contributed by atoms with Crippen molar-refractivity contribution in [2.45, 2.75) is 25.3 Å². The highest BCUT2D eigenvalue weighted by atomic mass is 35.5. The van der Waals surface area contributed by atoms with Crippen LogP contribution < -0.4 is 5.32 Å². The van der Waals surface area contributed by atoms with Gasteiger partial charge in [0.05, 0.1) is 0 Å². The highest BCUT2D eigenvalue weighted by molar-refractivity contribution is 6.30. The lowest BCUT2D eigenvalue weighted by Gasteiger charge is -2.13. The van der Waals surface area contributed by atoms with E-state index in [1.54, 1.807) is 0 Å². The van der Waals surface area contributed by atoms with E-state index in [4.69, 9.17) is 11.6 Å². The number of nitrogens with zero attached hydrogens (tertiary/aromatic N) is 1. The molecule has 0 spiro atoms. The molecule has 0 heterocycles. The van der Waals surface area contributed by atoms with Crippen LogP contribution >= 0.6 is 11.6 Å². The van der Waals surface area contributed by atoms with Crippen LogP contribution in [0.5, 0.6) is 0 Å². The highest BCUT2D eigenvalue weighted by Crippen LogP contribution is 2.25. The van der Waals surface area contributed by atoms with Gasteiger partial charge >= 0.3 is 0 Å². The largest absolute Gasteiger partial charge is 0.313 e. The van der Waals surface area contributed by atoms with E-state index in [0.717, 1.165) is 31.0 Å². The molecule has 1 N–H and O–H groups in total. The van der Waals surface area contributed by atoms with E-state index in [0.29, 0.717) is 6.04 Å². The number of benzene rings is 1. The average Bonchev–Trinajstić information content (AvgIpc) is 2.66. The monoisotopic (exact) mass is 252 g/mol. The van der Waals surface area contributed by atoms with Gasteiger partial charge in [-0.2, -0.15) is 0 Å². The third kappa shape index (κ3) is 3.70. The van der Waals surface area contributed by atoms with Crippen molar-refractivity contribution in [3.63, 3.8) is 0 Å². The molecule has 2 nitrogen and oxygen atoms in total. The fourth-order valence-corrected chi connectivity index (χ4v) is 2.63. The molecule has 1 unspecified atom stereocenters. The SMILES string of the molecule is CN(C)CCCNC1Cc2ccc(Cl)cc2C1. The van der Waals surface area contributed by atoms with Gasteiger partial charge in [0.25, 0.3) is 0 Å². The van der Waals surface area contributed by atoms with Crippen molar-refractivity contribution in [1.29, 1.82) is 0 Å². The molecule has 2 rings (SSSR count). The Kier molecular flexibility index (Phi) is 4.43. The van der Waals surface area contributed by atoms with Crippen molar-refractivity contribution < 1.29 is 0 Å². The van der Waals surface area contributed by atoms with Gasteiger partial charge in [-0.3, -0.25) is 0 Å². The van der Waals surface area contributed by atoms with Gasteiger partial charge in [0, 0.05) is 11.1 Å². The van der Waals surface area contributed by atoms with Gasteiger partial charge in [0.2, 0.25) is 0 Å². The van der Waals surface area contributed by atoms with E-state index >= 15 is 0 Å². The second-order valence-electron chi connectivity index (χ2n) is 5.13. The molecule has 17 heavy (non-hydrogen) atoms. The molecule has 0 radical (unpaired) electrons. The Morgan fingerprint density at radius 2 is 2.06 bits per heavy atom. The van der Waals surface area contributed by atoms with Gasteiger partial charge < -0.3 is 10.2 Å². The molecule has 1 aliphatic rings. The first-order valence-electron chi connectivity index (χ1n) is 6.30. The predicted octanol–water partition coefficient (Wildman–Crippen LogP) is 2.35. The maximum atomic E-state index is 6.01. The van der Waals surface area contributed by atoms with Crippen LogP contribution in [0.2, 0.25) is 5.02 Å². The number of fused-ring (bicyclic) bond motifs is 1. The number of nitrogens with one attached hydrogen (secondary N) is 1. The van der Waals surface area contributed by atoms with Gasteiger partial charge in [0.15, 0.2) is 0 Å². The minimum atomic E-state index is 0.602. The Morgan fingerprint density at radius 1 is 1.29 bits per heavy atom. The van der Waals surface area contributed by atoms with Crippen molar-refractivity contribution in [1.82, 2.24) is 10.2 Å². The summed E-state index contributed by atoms with van der Waals surface area (Å²) < 4.78 is 0. The first kappa shape index (κ1) is 12.9. The standard InChI is InChI=1S/C14H21ClN2/c1-17(2)7-3-6-16-14-9-11-4-5-13(15)8-12(11)10-14/h4-5,8,14,16H,3,6-7,9-10H2,1-2H3. The minimum Gasteiger partial charge on any atom is -0.313 e. The maximum absolute atomic E-state index is 6.01. The third-order valence-electron chi connectivity index (χ3n) is 3.32. The first-order valence-corrected chi connectivity index (χ1v) is 6.68. The lowest BCUT2D eigenvalue weighted by atomic mass is 10.1. The average molecular weight is 253 g/mol. The van der Waals surface area contributed by atoms with Crippen molar-refractivity contribution in [3.8, 4) is 0 Å². The number of hydrogen-bond acceptors (Lipinski definition) is 2. The summed E-state index contributed by atoms with van der Waals surface area (Å²) in [5, 5.41) is 4.49. The van der Waals surface area contributed by atoms with E-state index < -0.39 is 0 Å². The molecule has 0 amide bonds. The number of hydrogen-bond donors (Lipinski definition) is 1. The summed E-state index contributed by atoms with van der Waals surface area (Å²) >= 11 is 6.01. The number of rotatable bonds is 5. The van der Waals surface area contributed by atoms with Crippen LogP contribution in [0.3, 0.4) is 0 Å². The lowest BCUT2D eigenvalue weighted by molar-refractivity contribution is 0.386. The molecule has 94 valence electrons. The Hall–Kier alpha value is -0.570. The lowest BCUT2D eigenvalue weighted by Crippen LogP contribution is -2.31. The normalized spacial score (nSPS) is 18.7. The van der Waals surface area contributed by atoms with Crippen molar-refractivity contribution in [2.75, 3.05) is 27.2 Å². The molecule has 1 atom stereocenters. The summed E-state index contributed by atoms with van der Waals surface area (Å²) in [6, 6.07) is 6.87. The van der Waals surface area contributed by atoms with Gasteiger partial charge in [-0.05, 0) is 69.7 Å². The highest BCUT2D eigenvalue weighted by Gasteiger charge is 2.20. The van der Waals surface area contributed by atoms with Crippen molar-refractivity contribution >= 4 is 11.6 Å². The quantitative estimate of drug-likeness (QED) is 0.810. The van der Waals surface area contributed by atoms with Crippen LogP contribution in [0.25, 0.3) is 0 Å². The van der Waals surface area contributed by atoms with Crippen LogP contribution in [0.4, 0.5) is 0 Å². The summed E-state index contributed by atoms with van der Waals surface area (Å²) in [5.74, 6) is 0. The van der Waals surface area contributed by atoms with E-state index in [1.165, 1.54) is 17.5 Å². The Morgan fingerprint density at radius 3 is 2.82 bits per heavy atom. The molecular formula is C14H21ClN2.